The van der Waals surface area contributed by atoms with Crippen LogP contribution < -0.4 is 5.43 Å². The van der Waals surface area contributed by atoms with E-state index >= 15 is 0 Å². The van der Waals surface area contributed by atoms with Gasteiger partial charge in [0.2, 0.25) is 0 Å². The van der Waals surface area contributed by atoms with Crippen LogP contribution in [0.25, 0.3) is 17.0 Å². The fourth-order valence-corrected chi connectivity index (χ4v) is 3.13. The van der Waals surface area contributed by atoms with Crippen molar-refractivity contribution >= 4 is 28.6 Å². The summed E-state index contributed by atoms with van der Waals surface area (Å²) < 4.78 is 2.12. The number of nitrogens with zero attached hydrogens (tertiary/aromatic N) is 2. The Labute approximate surface area is 123 Å². The Kier molecular flexibility index (Phi) is 2.55. The van der Waals surface area contributed by atoms with Crippen LogP contribution in [0.15, 0.2) is 35.1 Å². The van der Waals surface area contributed by atoms with Crippen LogP contribution in [0.1, 0.15) is 24.0 Å². The minimum atomic E-state index is -0.0819. The molecule has 1 aliphatic carbocycles. The van der Waals surface area contributed by atoms with Crippen LogP contribution in [-0.4, -0.2) is 16.2 Å². The maximum Gasteiger partial charge on any atom is 0.273 e. The van der Waals surface area contributed by atoms with E-state index in [-0.39, 0.29) is 5.91 Å². The van der Waals surface area contributed by atoms with Crippen molar-refractivity contribution in [2.45, 2.75) is 19.8 Å². The number of hydrogen-bond acceptors (Lipinski definition) is 2. The van der Waals surface area contributed by atoms with Crippen LogP contribution in [0, 0.1) is 12.8 Å². The standard InChI is InChI=1S/C17H17N3O/c1-10-4-3-5-13-12(9-20(2)16(10)13)8-14-15(11-6-7-11)18-19-17(14)21/h3-5,8-9,11H,6-7H2,1-2H3,(H,19,21). The van der Waals surface area contributed by atoms with Gasteiger partial charge < -0.3 is 4.57 Å². The zero-order valence-corrected chi connectivity index (χ0v) is 12.2. The highest BCUT2D eigenvalue weighted by molar-refractivity contribution is 6.29. The van der Waals surface area contributed by atoms with Gasteiger partial charge in [0.1, 0.15) is 0 Å². The van der Waals surface area contributed by atoms with Gasteiger partial charge in [-0.2, -0.15) is 5.10 Å². The monoisotopic (exact) mass is 279 g/mol. The van der Waals surface area contributed by atoms with Gasteiger partial charge in [-0.05, 0) is 31.4 Å². The number of hydrogen-bond donors (Lipinski definition) is 1. The molecule has 0 radical (unpaired) electrons. The molecule has 1 N–H and O–H groups in total. The molecule has 106 valence electrons. The Morgan fingerprint density at radius 2 is 2.19 bits per heavy atom. The van der Waals surface area contributed by atoms with Gasteiger partial charge >= 0.3 is 0 Å². The number of amides is 1. The van der Waals surface area contributed by atoms with E-state index in [1.54, 1.807) is 0 Å². The summed E-state index contributed by atoms with van der Waals surface area (Å²) in [5, 5.41) is 5.38. The van der Waals surface area contributed by atoms with Gasteiger partial charge in [-0.1, -0.05) is 18.2 Å². The maximum absolute atomic E-state index is 12.0. The van der Waals surface area contributed by atoms with Crippen LogP contribution in [0.4, 0.5) is 0 Å². The minimum absolute atomic E-state index is 0.0819. The summed E-state index contributed by atoms with van der Waals surface area (Å²) in [5.74, 6) is 0.383. The molecule has 1 aromatic heterocycles. The van der Waals surface area contributed by atoms with Crippen molar-refractivity contribution in [3.63, 3.8) is 0 Å². The molecule has 2 aromatic rings. The van der Waals surface area contributed by atoms with E-state index in [1.165, 1.54) is 16.5 Å². The van der Waals surface area contributed by atoms with Crippen molar-refractivity contribution in [2.75, 3.05) is 0 Å². The van der Waals surface area contributed by atoms with E-state index in [4.69, 9.17) is 0 Å². The fourth-order valence-electron chi connectivity index (χ4n) is 3.13. The van der Waals surface area contributed by atoms with Crippen LogP contribution >= 0.6 is 0 Å². The van der Waals surface area contributed by atoms with Gasteiger partial charge in [0, 0.05) is 30.1 Å². The van der Waals surface area contributed by atoms with Crippen LogP contribution in [-0.2, 0) is 11.8 Å². The van der Waals surface area contributed by atoms with Crippen molar-refractivity contribution in [3.05, 3.63) is 41.1 Å². The largest absolute Gasteiger partial charge is 0.350 e. The lowest BCUT2D eigenvalue weighted by molar-refractivity contribution is -0.116. The summed E-state index contributed by atoms with van der Waals surface area (Å²) in [6, 6.07) is 6.28. The first-order valence-corrected chi connectivity index (χ1v) is 7.30. The van der Waals surface area contributed by atoms with Gasteiger partial charge in [0.05, 0.1) is 16.8 Å². The molecule has 0 saturated heterocycles. The van der Waals surface area contributed by atoms with Crippen LogP contribution in [0.3, 0.4) is 0 Å². The number of carbonyl (C=O) groups excluding carboxylic acids is 1. The minimum Gasteiger partial charge on any atom is -0.350 e. The third kappa shape index (κ3) is 1.90. The molecule has 2 heterocycles. The highest BCUT2D eigenvalue weighted by Gasteiger charge is 2.35. The van der Waals surface area contributed by atoms with Crippen molar-refractivity contribution in [2.24, 2.45) is 18.1 Å². The third-order valence-electron chi connectivity index (χ3n) is 4.30. The molecule has 1 aliphatic heterocycles. The van der Waals surface area contributed by atoms with Gasteiger partial charge in [-0.15, -0.1) is 0 Å². The number of fused-ring (bicyclic) bond motifs is 1. The van der Waals surface area contributed by atoms with Crippen LogP contribution in [0.5, 0.6) is 0 Å². The molecule has 21 heavy (non-hydrogen) atoms. The molecular formula is C17H17N3O. The average molecular weight is 279 g/mol. The predicted octanol–water partition coefficient (Wildman–Crippen LogP) is 2.77. The van der Waals surface area contributed by atoms with Crippen molar-refractivity contribution in [3.8, 4) is 0 Å². The maximum atomic E-state index is 12.0. The summed E-state index contributed by atoms with van der Waals surface area (Å²) in [4.78, 5) is 12.0. The Bertz CT molecular complexity index is 822. The molecular weight excluding hydrogens is 262 g/mol. The quantitative estimate of drug-likeness (QED) is 0.844. The number of benzene rings is 1. The number of hydrazone groups is 1. The number of nitrogens with one attached hydrogen (secondary N) is 1. The van der Waals surface area contributed by atoms with Crippen molar-refractivity contribution < 1.29 is 4.79 Å². The Morgan fingerprint density at radius 1 is 1.38 bits per heavy atom. The zero-order chi connectivity index (χ0) is 14.6. The smallest absolute Gasteiger partial charge is 0.273 e. The topological polar surface area (TPSA) is 46.4 Å². The lowest BCUT2D eigenvalue weighted by atomic mass is 10.0. The number of rotatable bonds is 2. The van der Waals surface area contributed by atoms with E-state index < -0.39 is 0 Å². The van der Waals surface area contributed by atoms with Gasteiger partial charge in [-0.3, -0.25) is 4.79 Å². The second-order valence-electron chi connectivity index (χ2n) is 5.94. The van der Waals surface area contributed by atoms with E-state index in [0.29, 0.717) is 5.92 Å². The van der Waals surface area contributed by atoms with Gasteiger partial charge in [0.15, 0.2) is 0 Å². The predicted molar refractivity (Wildman–Crippen MR) is 83.9 cm³/mol. The van der Waals surface area contributed by atoms with E-state index in [1.807, 2.05) is 13.1 Å². The summed E-state index contributed by atoms with van der Waals surface area (Å²) >= 11 is 0. The molecule has 4 heteroatoms. The normalized spacial score (nSPS) is 20.2. The number of aromatic nitrogens is 1. The fraction of sp³-hybridized carbons (Fsp3) is 0.294. The molecule has 1 aromatic carbocycles. The molecule has 0 unspecified atom stereocenters. The Balaban J connectivity index is 1.87. The molecule has 0 spiro atoms. The second kappa shape index (κ2) is 4.32. The molecule has 0 bridgehead atoms. The van der Waals surface area contributed by atoms with Crippen molar-refractivity contribution in [1.29, 1.82) is 0 Å². The number of aryl methyl sites for hydroxylation is 2. The van der Waals surface area contributed by atoms with Gasteiger partial charge in [-0.25, -0.2) is 5.43 Å². The Hall–Kier alpha value is -2.36. The molecule has 1 saturated carbocycles. The van der Waals surface area contributed by atoms with Crippen molar-refractivity contribution in [1.82, 2.24) is 9.99 Å². The van der Waals surface area contributed by atoms with Gasteiger partial charge in [0.25, 0.3) is 5.91 Å². The average Bonchev–Trinajstić information content (AvgIpc) is 3.16. The summed E-state index contributed by atoms with van der Waals surface area (Å²) in [7, 11) is 2.04. The van der Waals surface area contributed by atoms with Crippen LogP contribution in [0.2, 0.25) is 0 Å². The molecule has 1 fully saturated rings. The Morgan fingerprint density at radius 3 is 2.95 bits per heavy atom. The van der Waals surface area contributed by atoms with E-state index in [2.05, 4.69) is 46.4 Å². The first-order chi connectivity index (χ1) is 10.1. The summed E-state index contributed by atoms with van der Waals surface area (Å²) in [6.45, 7) is 2.11. The molecule has 0 atom stereocenters. The highest BCUT2D eigenvalue weighted by atomic mass is 16.2. The summed E-state index contributed by atoms with van der Waals surface area (Å²) in [6.07, 6.45) is 6.35. The van der Waals surface area contributed by atoms with E-state index in [9.17, 15) is 4.79 Å². The summed E-state index contributed by atoms with van der Waals surface area (Å²) in [5.41, 5.74) is 7.80. The molecule has 2 aliphatic rings. The lowest BCUT2D eigenvalue weighted by Crippen LogP contribution is -2.13. The first-order valence-electron chi connectivity index (χ1n) is 7.30. The third-order valence-corrected chi connectivity index (χ3v) is 4.30. The zero-order valence-electron chi connectivity index (χ0n) is 12.2. The second-order valence-corrected chi connectivity index (χ2v) is 5.94. The lowest BCUT2D eigenvalue weighted by Gasteiger charge is -2.00. The SMILES string of the molecule is Cc1cccc2c(C=C3C(=O)NN=C3C3CC3)cn(C)c12. The van der Waals surface area contributed by atoms with E-state index in [0.717, 1.165) is 29.7 Å². The first kappa shape index (κ1) is 12.4. The number of para-hydroxylation sites is 1. The highest BCUT2D eigenvalue weighted by Crippen LogP contribution is 2.36. The molecule has 1 amide bonds. The molecule has 4 nitrogen and oxygen atoms in total. The number of carbonyl (C=O) groups is 1. The molecule has 4 rings (SSSR count).